The third kappa shape index (κ3) is 4.03. The third-order valence-electron chi connectivity index (χ3n) is 3.54. The molecule has 0 saturated carbocycles. The first-order chi connectivity index (χ1) is 9.12. The molecule has 1 aromatic rings. The van der Waals surface area contributed by atoms with Gasteiger partial charge in [-0.3, -0.25) is 0 Å². The summed E-state index contributed by atoms with van der Waals surface area (Å²) in [5, 5.41) is 0. The van der Waals surface area contributed by atoms with Gasteiger partial charge in [-0.05, 0) is 42.9 Å². The third-order valence-corrected chi connectivity index (χ3v) is 4.98. The van der Waals surface area contributed by atoms with Crippen LogP contribution in [0.5, 0.6) is 0 Å². The Morgan fingerprint density at radius 2 is 1.84 bits per heavy atom. The van der Waals surface area contributed by atoms with Gasteiger partial charge in [0.1, 0.15) is 0 Å². The zero-order chi connectivity index (χ0) is 13.7. The van der Waals surface area contributed by atoms with Gasteiger partial charge in [-0.15, -0.1) is 0 Å². The van der Waals surface area contributed by atoms with Crippen molar-refractivity contribution in [2.75, 3.05) is 19.8 Å². The summed E-state index contributed by atoms with van der Waals surface area (Å²) in [7, 11) is -3.38. The highest BCUT2D eigenvalue weighted by atomic mass is 32.2. The highest BCUT2D eigenvalue weighted by Crippen LogP contribution is 2.15. The largest absolute Gasteiger partial charge is 0.381 e. The van der Waals surface area contributed by atoms with Gasteiger partial charge in [-0.25, -0.2) is 13.1 Å². The van der Waals surface area contributed by atoms with Crippen LogP contribution in [0.2, 0.25) is 0 Å². The zero-order valence-corrected chi connectivity index (χ0v) is 12.1. The molecule has 5 heteroatoms. The number of hydrogen-bond donors (Lipinski definition) is 1. The summed E-state index contributed by atoms with van der Waals surface area (Å²) in [6, 6.07) is 7.07. The van der Waals surface area contributed by atoms with Crippen molar-refractivity contribution < 1.29 is 13.2 Å². The number of ether oxygens (including phenoxy) is 1. The molecule has 0 atom stereocenters. The Morgan fingerprint density at radius 1 is 1.21 bits per heavy atom. The SMILES string of the molecule is CCc1ccc(S(=O)(=O)NCC2CCOCC2)cc1. The van der Waals surface area contributed by atoms with Crippen LogP contribution in [0.25, 0.3) is 0 Å². The summed E-state index contributed by atoms with van der Waals surface area (Å²) in [4.78, 5) is 0.344. The lowest BCUT2D eigenvalue weighted by molar-refractivity contribution is 0.0678. The molecule has 1 aliphatic heterocycles. The fourth-order valence-corrected chi connectivity index (χ4v) is 3.28. The van der Waals surface area contributed by atoms with Gasteiger partial charge in [0, 0.05) is 19.8 Å². The van der Waals surface area contributed by atoms with Crippen molar-refractivity contribution in [3.63, 3.8) is 0 Å². The Balaban J connectivity index is 1.96. The first-order valence-corrected chi connectivity index (χ1v) is 8.26. The molecule has 0 spiro atoms. The minimum absolute atomic E-state index is 0.344. The number of benzene rings is 1. The second kappa shape index (κ2) is 6.50. The Bertz CT molecular complexity index is 490. The van der Waals surface area contributed by atoms with Crippen LogP contribution >= 0.6 is 0 Å². The van der Waals surface area contributed by atoms with Crippen molar-refractivity contribution in [3.05, 3.63) is 29.8 Å². The summed E-state index contributed by atoms with van der Waals surface area (Å²) in [5.41, 5.74) is 1.14. The Hall–Kier alpha value is -0.910. The summed E-state index contributed by atoms with van der Waals surface area (Å²) in [5.74, 6) is 0.387. The molecule has 0 radical (unpaired) electrons. The van der Waals surface area contributed by atoms with E-state index in [0.29, 0.717) is 17.4 Å². The van der Waals surface area contributed by atoms with E-state index >= 15 is 0 Å². The first-order valence-electron chi connectivity index (χ1n) is 6.78. The van der Waals surface area contributed by atoms with Crippen LogP contribution in [0, 0.1) is 5.92 Å². The van der Waals surface area contributed by atoms with Crippen LogP contribution in [0.15, 0.2) is 29.2 Å². The summed E-state index contributed by atoms with van der Waals surface area (Å²) in [6.45, 7) is 4.02. The number of sulfonamides is 1. The molecule has 0 aromatic heterocycles. The summed E-state index contributed by atoms with van der Waals surface area (Å²) in [6.07, 6.45) is 2.77. The van der Waals surface area contributed by atoms with E-state index in [-0.39, 0.29) is 0 Å². The van der Waals surface area contributed by atoms with Crippen molar-refractivity contribution in [2.24, 2.45) is 5.92 Å². The van der Waals surface area contributed by atoms with E-state index in [1.807, 2.05) is 19.1 Å². The maximum atomic E-state index is 12.1. The molecular weight excluding hydrogens is 262 g/mol. The van der Waals surface area contributed by atoms with Crippen molar-refractivity contribution in [3.8, 4) is 0 Å². The van der Waals surface area contributed by atoms with Crippen LogP contribution in [-0.2, 0) is 21.2 Å². The highest BCUT2D eigenvalue weighted by Gasteiger charge is 2.18. The molecule has 1 N–H and O–H groups in total. The van der Waals surface area contributed by atoms with Gasteiger partial charge in [-0.1, -0.05) is 19.1 Å². The summed E-state index contributed by atoms with van der Waals surface area (Å²) >= 11 is 0. The first kappa shape index (κ1) is 14.5. The lowest BCUT2D eigenvalue weighted by atomic mass is 10.0. The van der Waals surface area contributed by atoms with E-state index in [0.717, 1.165) is 38.0 Å². The van der Waals surface area contributed by atoms with Gasteiger partial charge in [0.05, 0.1) is 4.90 Å². The van der Waals surface area contributed by atoms with Gasteiger partial charge in [0.2, 0.25) is 10.0 Å². The van der Waals surface area contributed by atoms with Crippen molar-refractivity contribution in [1.29, 1.82) is 0 Å². The van der Waals surface area contributed by atoms with Gasteiger partial charge < -0.3 is 4.74 Å². The molecule has 2 rings (SSSR count). The van der Waals surface area contributed by atoms with Crippen LogP contribution < -0.4 is 4.72 Å². The molecule has 106 valence electrons. The van der Waals surface area contributed by atoms with Gasteiger partial charge in [0.15, 0.2) is 0 Å². The van der Waals surface area contributed by atoms with Crippen LogP contribution in [0.3, 0.4) is 0 Å². The number of rotatable bonds is 5. The predicted molar refractivity (Wildman–Crippen MR) is 74.6 cm³/mol. The van der Waals surface area contributed by atoms with Crippen molar-refractivity contribution >= 4 is 10.0 Å². The van der Waals surface area contributed by atoms with Gasteiger partial charge >= 0.3 is 0 Å². The normalized spacial score (nSPS) is 17.5. The van der Waals surface area contributed by atoms with Gasteiger partial charge in [0.25, 0.3) is 0 Å². The van der Waals surface area contributed by atoms with E-state index in [1.165, 1.54) is 0 Å². The second-order valence-electron chi connectivity index (χ2n) is 4.91. The maximum Gasteiger partial charge on any atom is 0.240 e. The standard InChI is InChI=1S/C14H21NO3S/c1-2-12-3-5-14(6-4-12)19(16,17)15-11-13-7-9-18-10-8-13/h3-6,13,15H,2,7-11H2,1H3. The molecule has 0 unspecified atom stereocenters. The van der Waals surface area contributed by atoms with E-state index in [9.17, 15) is 8.42 Å². The second-order valence-corrected chi connectivity index (χ2v) is 6.67. The van der Waals surface area contributed by atoms with Crippen molar-refractivity contribution in [1.82, 2.24) is 4.72 Å². The quantitative estimate of drug-likeness (QED) is 0.898. The van der Waals surface area contributed by atoms with Crippen molar-refractivity contribution in [2.45, 2.75) is 31.1 Å². The van der Waals surface area contributed by atoms with E-state index in [2.05, 4.69) is 4.72 Å². The lowest BCUT2D eigenvalue weighted by Crippen LogP contribution is -2.32. The number of aryl methyl sites for hydroxylation is 1. The zero-order valence-electron chi connectivity index (χ0n) is 11.3. The fraction of sp³-hybridized carbons (Fsp3) is 0.571. The molecule has 0 amide bonds. The molecule has 19 heavy (non-hydrogen) atoms. The molecule has 1 fully saturated rings. The van der Waals surface area contributed by atoms with Crippen LogP contribution in [0.4, 0.5) is 0 Å². The molecule has 1 aliphatic rings. The average molecular weight is 283 g/mol. The minimum Gasteiger partial charge on any atom is -0.381 e. The smallest absolute Gasteiger partial charge is 0.240 e. The van der Waals surface area contributed by atoms with Gasteiger partial charge in [-0.2, -0.15) is 0 Å². The molecular formula is C14H21NO3S. The minimum atomic E-state index is -3.38. The highest BCUT2D eigenvalue weighted by molar-refractivity contribution is 7.89. The van der Waals surface area contributed by atoms with E-state index < -0.39 is 10.0 Å². The van der Waals surface area contributed by atoms with Crippen LogP contribution in [0.1, 0.15) is 25.3 Å². The molecule has 1 heterocycles. The average Bonchev–Trinajstić information content (AvgIpc) is 2.46. The Kier molecular flexibility index (Phi) is 4.96. The molecule has 0 bridgehead atoms. The Morgan fingerprint density at radius 3 is 2.42 bits per heavy atom. The predicted octanol–water partition coefficient (Wildman–Crippen LogP) is 1.95. The fourth-order valence-electron chi connectivity index (χ4n) is 2.17. The number of hydrogen-bond acceptors (Lipinski definition) is 3. The number of nitrogens with one attached hydrogen (secondary N) is 1. The topological polar surface area (TPSA) is 55.4 Å². The molecule has 1 aromatic carbocycles. The molecule has 1 saturated heterocycles. The Labute approximate surface area is 115 Å². The lowest BCUT2D eigenvalue weighted by Gasteiger charge is -2.22. The van der Waals surface area contributed by atoms with E-state index in [4.69, 9.17) is 4.74 Å². The molecule has 4 nitrogen and oxygen atoms in total. The van der Waals surface area contributed by atoms with E-state index in [1.54, 1.807) is 12.1 Å². The maximum absolute atomic E-state index is 12.1. The molecule has 0 aliphatic carbocycles. The van der Waals surface area contributed by atoms with Crippen LogP contribution in [-0.4, -0.2) is 28.2 Å². The summed E-state index contributed by atoms with van der Waals surface area (Å²) < 4.78 is 32.2. The monoisotopic (exact) mass is 283 g/mol.